The van der Waals surface area contributed by atoms with Crippen molar-refractivity contribution in [3.8, 4) is 0 Å². The van der Waals surface area contributed by atoms with Gasteiger partial charge in [0.2, 0.25) is 0 Å². The van der Waals surface area contributed by atoms with Gasteiger partial charge in [0.1, 0.15) is 0 Å². The summed E-state index contributed by atoms with van der Waals surface area (Å²) in [5.74, 6) is 1.61. The maximum atomic E-state index is 11.9. The highest BCUT2D eigenvalue weighted by atomic mass is 127. The molecule has 0 radical (unpaired) electrons. The average Bonchev–Trinajstić information content (AvgIpc) is 3.17. The van der Waals surface area contributed by atoms with Gasteiger partial charge in [-0.25, -0.2) is 9.78 Å². The van der Waals surface area contributed by atoms with Crippen molar-refractivity contribution in [2.24, 2.45) is 10.9 Å². The fraction of sp³-hybridized carbons (Fsp3) is 0.762. The van der Waals surface area contributed by atoms with Gasteiger partial charge in [0.15, 0.2) is 5.96 Å². The van der Waals surface area contributed by atoms with Crippen LogP contribution in [0.1, 0.15) is 37.4 Å². The minimum Gasteiger partial charge on any atom is -0.450 e. The number of nitrogens with zero attached hydrogens (tertiary/aromatic N) is 5. The first-order chi connectivity index (χ1) is 14.6. The van der Waals surface area contributed by atoms with E-state index in [1.54, 1.807) is 16.2 Å². The second-order valence-corrected chi connectivity index (χ2v) is 9.01. The number of thiazole rings is 1. The van der Waals surface area contributed by atoms with E-state index < -0.39 is 0 Å². The molecule has 2 fully saturated rings. The Kier molecular flexibility index (Phi) is 11.3. The number of ether oxygens (including phenoxy) is 1. The van der Waals surface area contributed by atoms with E-state index in [0.717, 1.165) is 56.8 Å². The summed E-state index contributed by atoms with van der Waals surface area (Å²) in [6.45, 7) is 14.3. The molecule has 0 saturated carbocycles. The van der Waals surface area contributed by atoms with Crippen molar-refractivity contribution in [1.29, 1.82) is 0 Å². The Morgan fingerprint density at radius 3 is 2.45 bits per heavy atom. The van der Waals surface area contributed by atoms with Crippen LogP contribution in [0.25, 0.3) is 0 Å². The molecule has 0 unspecified atom stereocenters. The van der Waals surface area contributed by atoms with Crippen LogP contribution < -0.4 is 5.32 Å². The van der Waals surface area contributed by atoms with E-state index in [0.29, 0.717) is 25.6 Å². The third-order valence-corrected chi connectivity index (χ3v) is 6.52. The van der Waals surface area contributed by atoms with E-state index >= 15 is 0 Å². The van der Waals surface area contributed by atoms with Crippen LogP contribution in [0.3, 0.4) is 0 Å². The predicted octanol–water partition coefficient (Wildman–Crippen LogP) is 3.02. The van der Waals surface area contributed by atoms with Gasteiger partial charge in [0.25, 0.3) is 0 Å². The molecule has 0 bridgehead atoms. The number of guanidine groups is 1. The predicted molar refractivity (Wildman–Crippen MR) is 136 cm³/mol. The van der Waals surface area contributed by atoms with Crippen LogP contribution >= 0.6 is 35.3 Å². The first-order valence-corrected chi connectivity index (χ1v) is 12.0. The number of rotatable bonds is 6. The number of hydrogen-bond donors (Lipinski definition) is 1. The Balaban J connectivity index is 0.00000341. The van der Waals surface area contributed by atoms with Gasteiger partial charge in [0.05, 0.1) is 17.3 Å². The summed E-state index contributed by atoms with van der Waals surface area (Å²) >= 11 is 1.73. The third kappa shape index (κ3) is 8.05. The lowest BCUT2D eigenvalue weighted by Crippen LogP contribution is -2.54. The maximum absolute atomic E-state index is 11.9. The SMILES string of the molecule is CCNC(=NCC1CCN(Cc2csc(C)n2)CC1)N1CCN(C(=O)OCC)CC1.I. The van der Waals surface area contributed by atoms with E-state index in [-0.39, 0.29) is 30.1 Å². The number of carbonyl (C=O) groups is 1. The lowest BCUT2D eigenvalue weighted by Gasteiger charge is -2.36. The summed E-state index contributed by atoms with van der Waals surface area (Å²) in [5.41, 5.74) is 1.20. The van der Waals surface area contributed by atoms with E-state index in [1.165, 1.54) is 18.5 Å². The molecular formula is C21H37IN6O2S. The Labute approximate surface area is 207 Å². The Morgan fingerprint density at radius 1 is 1.19 bits per heavy atom. The molecule has 1 aromatic heterocycles. The van der Waals surface area contributed by atoms with Gasteiger partial charge in [-0.05, 0) is 52.6 Å². The number of piperazine rings is 1. The molecule has 8 nitrogen and oxygen atoms in total. The van der Waals surface area contributed by atoms with Crippen molar-refractivity contribution in [2.75, 3.05) is 59.0 Å². The summed E-state index contributed by atoms with van der Waals surface area (Å²) in [6, 6.07) is 0. The number of halogens is 1. The topological polar surface area (TPSA) is 73.3 Å². The molecule has 31 heavy (non-hydrogen) atoms. The quantitative estimate of drug-likeness (QED) is 0.326. The van der Waals surface area contributed by atoms with Crippen molar-refractivity contribution < 1.29 is 9.53 Å². The minimum absolute atomic E-state index is 0. The molecule has 3 heterocycles. The van der Waals surface area contributed by atoms with Gasteiger partial charge in [-0.1, -0.05) is 0 Å². The smallest absolute Gasteiger partial charge is 0.409 e. The lowest BCUT2D eigenvalue weighted by atomic mass is 9.97. The first-order valence-electron chi connectivity index (χ1n) is 11.2. The molecule has 10 heteroatoms. The Bertz CT molecular complexity index is 700. The molecule has 1 amide bonds. The number of aromatic nitrogens is 1. The molecule has 2 aliphatic rings. The van der Waals surface area contributed by atoms with Crippen LogP contribution in [0.4, 0.5) is 4.79 Å². The Hall–Kier alpha value is -1.14. The highest BCUT2D eigenvalue weighted by Gasteiger charge is 2.24. The van der Waals surface area contributed by atoms with Gasteiger partial charge in [-0.15, -0.1) is 35.3 Å². The summed E-state index contributed by atoms with van der Waals surface area (Å²) in [4.78, 5) is 28.0. The zero-order valence-electron chi connectivity index (χ0n) is 19.0. The van der Waals surface area contributed by atoms with Crippen molar-refractivity contribution in [1.82, 2.24) is 25.0 Å². The van der Waals surface area contributed by atoms with Gasteiger partial charge in [0, 0.05) is 51.2 Å². The van der Waals surface area contributed by atoms with Crippen LogP contribution in [-0.4, -0.2) is 90.7 Å². The molecule has 176 valence electrons. The second kappa shape index (κ2) is 13.4. The summed E-state index contributed by atoms with van der Waals surface area (Å²) in [5, 5.41) is 6.75. The fourth-order valence-corrected chi connectivity index (χ4v) is 4.60. The number of nitrogens with one attached hydrogen (secondary N) is 1. The molecule has 0 atom stereocenters. The summed E-state index contributed by atoms with van der Waals surface area (Å²) in [7, 11) is 0. The second-order valence-electron chi connectivity index (χ2n) is 7.95. The largest absolute Gasteiger partial charge is 0.450 e. The van der Waals surface area contributed by atoms with E-state index in [4.69, 9.17) is 9.73 Å². The molecule has 0 aromatic carbocycles. The molecule has 2 aliphatic heterocycles. The van der Waals surface area contributed by atoms with E-state index in [2.05, 4.69) is 39.3 Å². The summed E-state index contributed by atoms with van der Waals surface area (Å²) < 4.78 is 5.11. The molecule has 1 N–H and O–H groups in total. The molecule has 0 aliphatic carbocycles. The van der Waals surface area contributed by atoms with Crippen molar-refractivity contribution in [3.63, 3.8) is 0 Å². The highest BCUT2D eigenvalue weighted by molar-refractivity contribution is 14.0. The molecule has 3 rings (SSSR count). The van der Waals surface area contributed by atoms with E-state index in [1.807, 2.05) is 6.92 Å². The van der Waals surface area contributed by atoms with Gasteiger partial charge >= 0.3 is 6.09 Å². The number of piperidine rings is 1. The number of likely N-dealkylation sites (tertiary alicyclic amines) is 1. The molecule has 0 spiro atoms. The number of aliphatic imine (C=N–C) groups is 1. The fourth-order valence-electron chi connectivity index (χ4n) is 3.99. The van der Waals surface area contributed by atoms with Crippen molar-refractivity contribution in [2.45, 2.75) is 40.2 Å². The molecule has 2 saturated heterocycles. The number of carbonyl (C=O) groups excluding carboxylic acids is 1. The zero-order valence-corrected chi connectivity index (χ0v) is 22.2. The number of aryl methyl sites for hydroxylation is 1. The lowest BCUT2D eigenvalue weighted by molar-refractivity contribution is 0.0914. The van der Waals surface area contributed by atoms with Gasteiger partial charge in [-0.2, -0.15) is 0 Å². The monoisotopic (exact) mass is 564 g/mol. The number of amides is 1. The first kappa shape index (κ1) is 26.1. The van der Waals surface area contributed by atoms with E-state index in [9.17, 15) is 4.79 Å². The van der Waals surface area contributed by atoms with Crippen LogP contribution in [-0.2, 0) is 11.3 Å². The zero-order chi connectivity index (χ0) is 21.3. The van der Waals surface area contributed by atoms with Crippen molar-refractivity contribution >= 4 is 47.4 Å². The van der Waals surface area contributed by atoms with Crippen molar-refractivity contribution in [3.05, 3.63) is 16.1 Å². The highest BCUT2D eigenvalue weighted by Crippen LogP contribution is 2.20. The Morgan fingerprint density at radius 2 is 1.87 bits per heavy atom. The van der Waals surface area contributed by atoms with Crippen LogP contribution in [0.5, 0.6) is 0 Å². The third-order valence-electron chi connectivity index (χ3n) is 5.70. The standard InChI is InChI=1S/C21H36N6O2S.HI/c1-4-22-20(26-10-12-27(13-11-26)21(28)29-5-2)23-14-18-6-8-25(9-7-18)15-19-16-30-17(3)24-19;/h16,18H,4-15H2,1-3H3,(H,22,23);1H. The maximum Gasteiger partial charge on any atom is 0.409 e. The summed E-state index contributed by atoms with van der Waals surface area (Å²) in [6.07, 6.45) is 2.16. The van der Waals surface area contributed by atoms with Gasteiger partial charge < -0.3 is 19.9 Å². The van der Waals surface area contributed by atoms with Crippen LogP contribution in [0, 0.1) is 12.8 Å². The van der Waals surface area contributed by atoms with Crippen LogP contribution in [0.15, 0.2) is 10.4 Å². The average molecular weight is 565 g/mol. The van der Waals surface area contributed by atoms with Gasteiger partial charge in [-0.3, -0.25) is 9.89 Å². The molecular weight excluding hydrogens is 527 g/mol. The minimum atomic E-state index is -0.210. The normalized spacial score (nSPS) is 18.6. The molecule has 1 aromatic rings. The number of hydrogen-bond acceptors (Lipinski definition) is 6. The van der Waals surface area contributed by atoms with Crippen LogP contribution in [0.2, 0.25) is 0 Å².